The lowest BCUT2D eigenvalue weighted by Crippen LogP contribution is -2.30. The van der Waals surface area contributed by atoms with Crippen LogP contribution in [0.4, 0.5) is 5.69 Å². The molecule has 0 unspecified atom stereocenters. The molecule has 88 valence electrons. The van der Waals surface area contributed by atoms with Crippen LogP contribution in [-0.4, -0.2) is 26.1 Å². The minimum Gasteiger partial charge on any atom is -0.485 e. The Hall–Kier alpha value is -0.970. The molecule has 1 aromatic carbocycles. The molecule has 2 rings (SSSR count). The van der Waals surface area contributed by atoms with Crippen molar-refractivity contribution in [2.45, 2.75) is 12.7 Å². The maximum atomic E-state index is 5.96. The first kappa shape index (κ1) is 11.5. The van der Waals surface area contributed by atoms with E-state index in [1.165, 1.54) is 0 Å². The zero-order valence-electron chi connectivity index (χ0n) is 8.82. The van der Waals surface area contributed by atoms with Crippen molar-refractivity contribution in [3.8, 4) is 5.75 Å². The van der Waals surface area contributed by atoms with Crippen LogP contribution in [0, 0.1) is 0 Å². The van der Waals surface area contributed by atoms with Crippen molar-refractivity contribution in [2.75, 3.05) is 25.6 Å². The molecule has 1 aliphatic heterocycles. The van der Waals surface area contributed by atoms with Crippen LogP contribution in [0.5, 0.6) is 5.75 Å². The van der Waals surface area contributed by atoms with E-state index in [1.54, 1.807) is 18.2 Å². The molecular formula is C11H14ClNO3. The number of para-hydroxylation sites is 1. The standard InChI is InChI=1S/C11H14ClNO3/c12-8-3-1-4-9(13)11(8)16-7-10-14-5-2-6-15-10/h1,3-4,10H,2,5-7,13H2. The van der Waals surface area contributed by atoms with Crippen LogP contribution in [-0.2, 0) is 9.47 Å². The van der Waals surface area contributed by atoms with Crippen LogP contribution < -0.4 is 10.5 Å². The molecule has 5 heteroatoms. The lowest BCUT2D eigenvalue weighted by atomic mass is 10.3. The minimum absolute atomic E-state index is 0.300. The molecule has 1 saturated heterocycles. The van der Waals surface area contributed by atoms with Gasteiger partial charge in [0.1, 0.15) is 6.61 Å². The Balaban J connectivity index is 1.93. The highest BCUT2D eigenvalue weighted by atomic mass is 35.5. The normalized spacial score (nSPS) is 17.3. The van der Waals surface area contributed by atoms with Crippen molar-refractivity contribution in [1.29, 1.82) is 0 Å². The summed E-state index contributed by atoms with van der Waals surface area (Å²) in [6.07, 6.45) is 0.592. The van der Waals surface area contributed by atoms with Crippen molar-refractivity contribution in [2.24, 2.45) is 0 Å². The SMILES string of the molecule is Nc1cccc(Cl)c1OCC1OCCCO1. The van der Waals surface area contributed by atoms with Gasteiger partial charge in [0.15, 0.2) is 12.0 Å². The Morgan fingerprint density at radius 3 is 2.81 bits per heavy atom. The number of anilines is 1. The fourth-order valence-electron chi connectivity index (χ4n) is 1.46. The molecule has 1 aromatic rings. The Kier molecular flexibility index (Phi) is 3.88. The molecule has 0 radical (unpaired) electrons. The summed E-state index contributed by atoms with van der Waals surface area (Å²) in [5.74, 6) is 0.488. The van der Waals surface area contributed by atoms with Gasteiger partial charge in [0.05, 0.1) is 23.9 Å². The highest BCUT2D eigenvalue weighted by Gasteiger charge is 2.16. The summed E-state index contributed by atoms with van der Waals surface area (Å²) in [6, 6.07) is 5.25. The first-order valence-corrected chi connectivity index (χ1v) is 5.55. The van der Waals surface area contributed by atoms with Gasteiger partial charge in [-0.25, -0.2) is 0 Å². The van der Waals surface area contributed by atoms with Gasteiger partial charge in [0, 0.05) is 0 Å². The number of hydrogen-bond acceptors (Lipinski definition) is 4. The number of ether oxygens (including phenoxy) is 3. The van der Waals surface area contributed by atoms with Gasteiger partial charge in [0.2, 0.25) is 0 Å². The molecule has 0 bridgehead atoms. The molecule has 0 spiro atoms. The van der Waals surface area contributed by atoms with E-state index < -0.39 is 0 Å². The Morgan fingerprint density at radius 2 is 2.12 bits per heavy atom. The lowest BCUT2D eigenvalue weighted by molar-refractivity contribution is -0.191. The average Bonchev–Trinajstić information content (AvgIpc) is 2.30. The van der Waals surface area contributed by atoms with Gasteiger partial charge in [-0.15, -0.1) is 0 Å². The smallest absolute Gasteiger partial charge is 0.191 e. The molecule has 0 aromatic heterocycles. The van der Waals surface area contributed by atoms with Gasteiger partial charge in [-0.3, -0.25) is 0 Å². The van der Waals surface area contributed by atoms with Crippen LogP contribution in [0.3, 0.4) is 0 Å². The summed E-state index contributed by atoms with van der Waals surface area (Å²) >= 11 is 5.96. The van der Waals surface area contributed by atoms with E-state index in [0.717, 1.165) is 6.42 Å². The second-order valence-corrected chi connectivity index (χ2v) is 3.90. The number of hydrogen-bond donors (Lipinski definition) is 1. The highest BCUT2D eigenvalue weighted by molar-refractivity contribution is 6.32. The molecule has 1 fully saturated rings. The highest BCUT2D eigenvalue weighted by Crippen LogP contribution is 2.30. The molecule has 2 N–H and O–H groups in total. The van der Waals surface area contributed by atoms with Gasteiger partial charge < -0.3 is 19.9 Å². The third-order valence-electron chi connectivity index (χ3n) is 2.26. The monoisotopic (exact) mass is 243 g/mol. The second kappa shape index (κ2) is 5.39. The topological polar surface area (TPSA) is 53.7 Å². The molecule has 0 saturated carbocycles. The van der Waals surface area contributed by atoms with Crippen molar-refractivity contribution in [3.05, 3.63) is 23.2 Å². The van der Waals surface area contributed by atoms with Gasteiger partial charge in [-0.2, -0.15) is 0 Å². The number of benzene rings is 1. The third kappa shape index (κ3) is 2.78. The molecule has 1 aliphatic rings. The van der Waals surface area contributed by atoms with E-state index in [0.29, 0.717) is 36.3 Å². The quantitative estimate of drug-likeness (QED) is 0.826. The van der Waals surface area contributed by atoms with Gasteiger partial charge >= 0.3 is 0 Å². The second-order valence-electron chi connectivity index (χ2n) is 3.49. The average molecular weight is 244 g/mol. The van der Waals surface area contributed by atoms with E-state index in [9.17, 15) is 0 Å². The first-order valence-electron chi connectivity index (χ1n) is 5.17. The summed E-state index contributed by atoms with van der Waals surface area (Å²) in [4.78, 5) is 0. The largest absolute Gasteiger partial charge is 0.485 e. The lowest BCUT2D eigenvalue weighted by Gasteiger charge is -2.23. The number of nitrogen functional groups attached to an aromatic ring is 1. The Morgan fingerprint density at radius 1 is 1.38 bits per heavy atom. The van der Waals surface area contributed by atoms with Crippen molar-refractivity contribution < 1.29 is 14.2 Å². The van der Waals surface area contributed by atoms with Crippen molar-refractivity contribution in [3.63, 3.8) is 0 Å². The van der Waals surface area contributed by atoms with Crippen LogP contribution in [0.25, 0.3) is 0 Å². The molecular weight excluding hydrogens is 230 g/mol. The zero-order chi connectivity index (χ0) is 11.4. The maximum Gasteiger partial charge on any atom is 0.191 e. The minimum atomic E-state index is -0.329. The Bertz CT molecular complexity index is 333. The summed E-state index contributed by atoms with van der Waals surface area (Å²) in [5.41, 5.74) is 6.26. The third-order valence-corrected chi connectivity index (χ3v) is 2.55. The summed E-state index contributed by atoms with van der Waals surface area (Å²) in [7, 11) is 0. The summed E-state index contributed by atoms with van der Waals surface area (Å²) in [5, 5.41) is 0.496. The number of halogens is 1. The van der Waals surface area contributed by atoms with Crippen LogP contribution in [0.1, 0.15) is 6.42 Å². The predicted octanol–water partition coefficient (Wildman–Crippen LogP) is 2.06. The molecule has 0 atom stereocenters. The zero-order valence-corrected chi connectivity index (χ0v) is 9.57. The van der Waals surface area contributed by atoms with Crippen molar-refractivity contribution in [1.82, 2.24) is 0 Å². The number of rotatable bonds is 3. The van der Waals surface area contributed by atoms with E-state index in [4.69, 9.17) is 31.5 Å². The van der Waals surface area contributed by atoms with E-state index in [2.05, 4.69) is 0 Å². The van der Waals surface area contributed by atoms with Gasteiger partial charge in [-0.1, -0.05) is 17.7 Å². The molecule has 1 heterocycles. The summed E-state index contributed by atoms with van der Waals surface area (Å²) in [6.45, 7) is 1.70. The number of nitrogens with two attached hydrogens (primary N) is 1. The summed E-state index contributed by atoms with van der Waals surface area (Å²) < 4.78 is 16.2. The Labute approximate surface area is 99.2 Å². The first-order chi connectivity index (χ1) is 7.77. The van der Waals surface area contributed by atoms with Crippen molar-refractivity contribution >= 4 is 17.3 Å². The molecule has 4 nitrogen and oxygen atoms in total. The van der Waals surface area contributed by atoms with Crippen LogP contribution >= 0.6 is 11.6 Å². The van der Waals surface area contributed by atoms with E-state index >= 15 is 0 Å². The van der Waals surface area contributed by atoms with Crippen LogP contribution in [0.15, 0.2) is 18.2 Å². The van der Waals surface area contributed by atoms with Crippen LogP contribution in [0.2, 0.25) is 5.02 Å². The fourth-order valence-corrected chi connectivity index (χ4v) is 1.70. The van der Waals surface area contributed by atoms with E-state index in [1.807, 2.05) is 0 Å². The van der Waals surface area contributed by atoms with E-state index in [-0.39, 0.29) is 6.29 Å². The maximum absolute atomic E-state index is 5.96. The van der Waals surface area contributed by atoms with Gasteiger partial charge in [-0.05, 0) is 18.6 Å². The molecule has 0 aliphatic carbocycles. The molecule has 16 heavy (non-hydrogen) atoms. The fraction of sp³-hybridized carbons (Fsp3) is 0.455. The molecule has 0 amide bonds. The predicted molar refractivity (Wildman–Crippen MR) is 61.7 cm³/mol. The van der Waals surface area contributed by atoms with Gasteiger partial charge in [0.25, 0.3) is 0 Å².